The van der Waals surface area contributed by atoms with E-state index in [9.17, 15) is 9.59 Å². The monoisotopic (exact) mass is 308 g/mol. The Balaban J connectivity index is 1.56. The van der Waals surface area contributed by atoms with Crippen LogP contribution in [-0.4, -0.2) is 49.6 Å². The molecule has 2 aliphatic rings. The minimum absolute atomic E-state index is 0.0234. The summed E-state index contributed by atoms with van der Waals surface area (Å²) in [6.07, 6.45) is 0.751. The molecule has 2 heterocycles. The molecule has 21 heavy (non-hydrogen) atoms. The highest BCUT2D eigenvalue weighted by Gasteiger charge is 2.33. The predicted octanol–water partition coefficient (Wildman–Crippen LogP) is 0.151. The molecular weight excluding hydrogens is 290 g/mol. The van der Waals surface area contributed by atoms with Crippen molar-refractivity contribution in [3.63, 3.8) is 0 Å². The molecule has 0 aliphatic carbocycles. The molecule has 112 valence electrons. The van der Waals surface area contributed by atoms with Gasteiger partial charge in [-0.3, -0.25) is 9.59 Å². The summed E-state index contributed by atoms with van der Waals surface area (Å²) in [5, 5.41) is 0.746. The highest BCUT2D eigenvalue weighted by Crippen LogP contribution is 2.19. The van der Waals surface area contributed by atoms with Crippen LogP contribution in [0.4, 0.5) is 5.69 Å². The molecule has 0 unspecified atom stereocenters. The molecule has 3 rings (SSSR count). The minimum Gasteiger partial charge on any atom is -0.360 e. The third-order valence-electron chi connectivity index (χ3n) is 4.18. The van der Waals surface area contributed by atoms with Gasteiger partial charge < -0.3 is 9.80 Å². The second-order valence-electron chi connectivity index (χ2n) is 5.59. The van der Waals surface area contributed by atoms with E-state index in [1.807, 2.05) is 18.2 Å². The summed E-state index contributed by atoms with van der Waals surface area (Å²) in [5.41, 5.74) is 1.13. The average Bonchev–Trinajstić information content (AvgIpc) is 2.80. The van der Waals surface area contributed by atoms with Gasteiger partial charge in [-0.1, -0.05) is 17.7 Å². The number of nitrogens with zero attached hydrogens (tertiary/aromatic N) is 2. The molecular formula is C15H19ClN3O2+. The quantitative estimate of drug-likeness (QED) is 0.809. The van der Waals surface area contributed by atoms with Gasteiger partial charge in [0.15, 0.2) is 6.67 Å². The first-order chi connectivity index (χ1) is 10.1. The van der Waals surface area contributed by atoms with Crippen LogP contribution in [0, 0.1) is 0 Å². The van der Waals surface area contributed by atoms with Gasteiger partial charge in [0.25, 0.3) is 0 Å². The Morgan fingerprint density at radius 2 is 1.76 bits per heavy atom. The Hall–Kier alpha value is -1.59. The van der Waals surface area contributed by atoms with Crippen molar-refractivity contribution in [2.24, 2.45) is 0 Å². The standard InChI is InChI=1S/C15H18ClN3O2/c16-12-2-1-3-13(10-12)18-8-6-17(7-9-18)11-19-14(20)4-5-15(19)21/h1-3,10H,4-9,11H2/p+1. The van der Waals surface area contributed by atoms with Gasteiger partial charge in [0.2, 0.25) is 11.8 Å². The first kappa shape index (κ1) is 14.4. The van der Waals surface area contributed by atoms with E-state index >= 15 is 0 Å². The molecule has 0 spiro atoms. The van der Waals surface area contributed by atoms with Crippen LogP contribution in [0.1, 0.15) is 12.8 Å². The average molecular weight is 309 g/mol. The number of carbonyl (C=O) groups is 2. The molecule has 1 aromatic carbocycles. The predicted molar refractivity (Wildman–Crippen MR) is 80.3 cm³/mol. The van der Waals surface area contributed by atoms with Crippen LogP contribution in [0.3, 0.4) is 0 Å². The van der Waals surface area contributed by atoms with E-state index < -0.39 is 0 Å². The van der Waals surface area contributed by atoms with Crippen molar-refractivity contribution in [3.05, 3.63) is 29.3 Å². The number of anilines is 1. The van der Waals surface area contributed by atoms with Gasteiger partial charge in [-0.15, -0.1) is 0 Å². The lowest BCUT2D eigenvalue weighted by molar-refractivity contribution is -0.907. The van der Waals surface area contributed by atoms with E-state index in [0.29, 0.717) is 19.5 Å². The van der Waals surface area contributed by atoms with Crippen LogP contribution < -0.4 is 9.80 Å². The topological polar surface area (TPSA) is 45.1 Å². The van der Waals surface area contributed by atoms with E-state index in [-0.39, 0.29) is 11.8 Å². The number of hydrogen-bond donors (Lipinski definition) is 1. The number of likely N-dealkylation sites (tertiary alicyclic amines) is 1. The fourth-order valence-corrected chi connectivity index (χ4v) is 3.12. The molecule has 2 amide bonds. The number of piperazine rings is 1. The first-order valence-electron chi connectivity index (χ1n) is 7.31. The summed E-state index contributed by atoms with van der Waals surface area (Å²) in [4.78, 5) is 28.3. The van der Waals surface area contributed by atoms with Crippen molar-refractivity contribution in [3.8, 4) is 0 Å². The smallest absolute Gasteiger partial charge is 0.234 e. The summed E-state index contributed by atoms with van der Waals surface area (Å²) in [5.74, 6) is -0.0467. The number of halogens is 1. The number of carbonyl (C=O) groups excluding carboxylic acids is 2. The third-order valence-corrected chi connectivity index (χ3v) is 4.42. The molecule has 2 fully saturated rings. The van der Waals surface area contributed by atoms with Crippen LogP contribution in [0.25, 0.3) is 0 Å². The van der Waals surface area contributed by atoms with E-state index in [0.717, 1.165) is 36.9 Å². The van der Waals surface area contributed by atoms with Crippen molar-refractivity contribution in [1.82, 2.24) is 4.90 Å². The zero-order chi connectivity index (χ0) is 14.8. The molecule has 2 saturated heterocycles. The van der Waals surface area contributed by atoms with E-state index in [4.69, 9.17) is 11.6 Å². The lowest BCUT2D eigenvalue weighted by Crippen LogP contribution is -3.16. The second kappa shape index (κ2) is 6.03. The van der Waals surface area contributed by atoms with Gasteiger partial charge in [0, 0.05) is 23.6 Å². The van der Waals surface area contributed by atoms with Crippen LogP contribution in [0.15, 0.2) is 24.3 Å². The molecule has 0 bridgehead atoms. The Labute approximate surface area is 129 Å². The fourth-order valence-electron chi connectivity index (χ4n) is 2.93. The van der Waals surface area contributed by atoms with E-state index in [1.165, 1.54) is 9.80 Å². The molecule has 0 radical (unpaired) electrons. The Morgan fingerprint density at radius 1 is 1.10 bits per heavy atom. The van der Waals surface area contributed by atoms with Crippen molar-refractivity contribution in [2.75, 3.05) is 37.7 Å². The molecule has 0 aromatic heterocycles. The zero-order valence-corrected chi connectivity index (χ0v) is 12.6. The molecule has 5 nitrogen and oxygen atoms in total. The highest BCUT2D eigenvalue weighted by molar-refractivity contribution is 6.30. The SMILES string of the molecule is O=C1CCC(=O)N1C[NH+]1CCN(c2cccc(Cl)c2)CC1. The number of quaternary nitrogens is 1. The third kappa shape index (κ3) is 3.19. The largest absolute Gasteiger partial charge is 0.360 e. The van der Waals surface area contributed by atoms with Gasteiger partial charge in [0.1, 0.15) is 0 Å². The minimum atomic E-state index is -0.0234. The number of rotatable bonds is 3. The number of benzene rings is 1. The first-order valence-corrected chi connectivity index (χ1v) is 7.68. The van der Waals surface area contributed by atoms with Crippen LogP contribution in [0.2, 0.25) is 5.02 Å². The fraction of sp³-hybridized carbons (Fsp3) is 0.467. The molecule has 0 atom stereocenters. The van der Waals surface area contributed by atoms with Crippen molar-refractivity contribution in [1.29, 1.82) is 0 Å². The summed E-state index contributed by atoms with van der Waals surface area (Å²) >= 11 is 6.02. The van der Waals surface area contributed by atoms with Crippen molar-refractivity contribution >= 4 is 29.1 Å². The van der Waals surface area contributed by atoms with Crippen LogP contribution in [0.5, 0.6) is 0 Å². The zero-order valence-electron chi connectivity index (χ0n) is 11.8. The van der Waals surface area contributed by atoms with Gasteiger partial charge in [-0.25, -0.2) is 4.90 Å². The van der Waals surface area contributed by atoms with Gasteiger partial charge in [-0.05, 0) is 18.2 Å². The lowest BCUT2D eigenvalue weighted by atomic mass is 10.2. The molecule has 0 saturated carbocycles. The molecule has 2 aliphatic heterocycles. The summed E-state index contributed by atoms with van der Waals surface area (Å²) in [7, 11) is 0. The summed E-state index contributed by atoms with van der Waals surface area (Å²) in [6.45, 7) is 4.17. The van der Waals surface area contributed by atoms with Crippen LogP contribution >= 0.6 is 11.6 Å². The molecule has 1 N–H and O–H groups in total. The van der Waals surface area contributed by atoms with Gasteiger partial charge in [0.05, 0.1) is 26.2 Å². The van der Waals surface area contributed by atoms with Crippen molar-refractivity contribution < 1.29 is 14.5 Å². The maximum absolute atomic E-state index is 11.6. The second-order valence-corrected chi connectivity index (χ2v) is 6.03. The van der Waals surface area contributed by atoms with E-state index in [2.05, 4.69) is 11.0 Å². The van der Waals surface area contributed by atoms with E-state index in [1.54, 1.807) is 0 Å². The molecule has 6 heteroatoms. The van der Waals surface area contributed by atoms with Crippen LogP contribution in [-0.2, 0) is 9.59 Å². The normalized spacial score (nSPS) is 20.4. The van der Waals surface area contributed by atoms with Crippen molar-refractivity contribution in [2.45, 2.75) is 12.8 Å². The maximum Gasteiger partial charge on any atom is 0.234 e. The Morgan fingerprint density at radius 3 is 2.38 bits per heavy atom. The maximum atomic E-state index is 11.6. The Kier molecular flexibility index (Phi) is 4.12. The van der Waals surface area contributed by atoms with Gasteiger partial charge in [-0.2, -0.15) is 0 Å². The highest BCUT2D eigenvalue weighted by atomic mass is 35.5. The molecule has 1 aromatic rings. The Bertz CT molecular complexity index is 540. The number of imide groups is 1. The lowest BCUT2D eigenvalue weighted by Gasteiger charge is -2.34. The van der Waals surface area contributed by atoms with Gasteiger partial charge >= 0.3 is 0 Å². The summed E-state index contributed by atoms with van der Waals surface area (Å²) in [6, 6.07) is 7.86. The number of nitrogens with one attached hydrogen (secondary N) is 1. The summed E-state index contributed by atoms with van der Waals surface area (Å²) < 4.78 is 0. The number of hydrogen-bond acceptors (Lipinski definition) is 3. The number of amides is 2.